The van der Waals surface area contributed by atoms with Gasteiger partial charge in [-0.05, 0) is 57.9 Å². The second kappa shape index (κ2) is 11.0. The topological polar surface area (TPSA) is 55.9 Å². The fraction of sp³-hybridized carbons (Fsp3) is 0.500. The summed E-state index contributed by atoms with van der Waals surface area (Å²) >= 11 is 0. The van der Waals surface area contributed by atoms with E-state index in [2.05, 4.69) is 58.4 Å². The van der Waals surface area contributed by atoms with E-state index in [1.165, 1.54) is 5.69 Å². The van der Waals surface area contributed by atoms with Gasteiger partial charge in [0.2, 0.25) is 5.91 Å². The highest BCUT2D eigenvalue weighted by atomic mass is 16.2. The van der Waals surface area contributed by atoms with Gasteiger partial charge in [-0.3, -0.25) is 14.5 Å². The van der Waals surface area contributed by atoms with E-state index in [0.29, 0.717) is 19.1 Å². The molecule has 6 nitrogen and oxygen atoms in total. The van der Waals surface area contributed by atoms with Crippen LogP contribution in [0, 0.1) is 19.8 Å². The Balaban J connectivity index is 1.24. The highest BCUT2D eigenvalue weighted by molar-refractivity contribution is 5.95. The third kappa shape index (κ3) is 5.98. The van der Waals surface area contributed by atoms with Crippen LogP contribution in [0.2, 0.25) is 0 Å². The van der Waals surface area contributed by atoms with Crippen LogP contribution >= 0.6 is 0 Å². The monoisotopic (exact) mass is 462 g/mol. The highest BCUT2D eigenvalue weighted by Crippen LogP contribution is 2.21. The number of para-hydroxylation sites is 1. The Kier molecular flexibility index (Phi) is 7.88. The number of carbonyl (C=O) groups excluding carboxylic acids is 2. The van der Waals surface area contributed by atoms with Gasteiger partial charge < -0.3 is 15.1 Å². The van der Waals surface area contributed by atoms with Crippen molar-refractivity contribution in [2.75, 3.05) is 50.7 Å². The molecule has 0 spiro atoms. The Morgan fingerprint density at radius 1 is 0.971 bits per heavy atom. The SMILES string of the molecule is Cc1cc(C)cc(C(=O)N2CCCC(C(=O)NCC(C)N3CCN(c4ccccc4)CC3)C2)c1. The number of benzene rings is 2. The predicted octanol–water partition coefficient (Wildman–Crippen LogP) is 3.48. The summed E-state index contributed by atoms with van der Waals surface area (Å²) in [7, 11) is 0. The number of piperidine rings is 1. The molecule has 2 aliphatic rings. The molecule has 2 saturated heterocycles. The molecule has 2 aromatic carbocycles. The Labute approximate surface area is 203 Å². The zero-order valence-corrected chi connectivity index (χ0v) is 20.8. The molecule has 2 atom stereocenters. The number of piperazine rings is 1. The van der Waals surface area contributed by atoms with E-state index in [0.717, 1.165) is 62.3 Å². The first-order chi connectivity index (χ1) is 16.4. The lowest BCUT2D eigenvalue weighted by molar-refractivity contribution is -0.126. The van der Waals surface area contributed by atoms with Crippen molar-refractivity contribution in [3.8, 4) is 0 Å². The van der Waals surface area contributed by atoms with Crippen molar-refractivity contribution >= 4 is 17.5 Å². The van der Waals surface area contributed by atoms with Gasteiger partial charge in [0, 0.05) is 63.1 Å². The maximum absolute atomic E-state index is 13.1. The fourth-order valence-electron chi connectivity index (χ4n) is 5.24. The van der Waals surface area contributed by atoms with Crippen molar-refractivity contribution in [3.05, 3.63) is 65.2 Å². The average molecular weight is 463 g/mol. The normalized spacial score (nSPS) is 20.1. The zero-order chi connectivity index (χ0) is 24.1. The number of aryl methyl sites for hydroxylation is 2. The van der Waals surface area contributed by atoms with E-state index >= 15 is 0 Å². The number of hydrogen-bond donors (Lipinski definition) is 1. The van der Waals surface area contributed by atoms with Crippen LogP contribution in [0.1, 0.15) is 41.3 Å². The minimum atomic E-state index is -0.134. The molecular formula is C28H38N4O2. The number of hydrogen-bond acceptors (Lipinski definition) is 4. The van der Waals surface area contributed by atoms with E-state index in [-0.39, 0.29) is 17.7 Å². The molecule has 4 rings (SSSR count). The van der Waals surface area contributed by atoms with Gasteiger partial charge in [0.15, 0.2) is 0 Å². The van der Waals surface area contributed by atoms with Crippen molar-refractivity contribution in [1.82, 2.24) is 15.1 Å². The molecule has 6 heteroatoms. The molecule has 0 radical (unpaired) electrons. The summed E-state index contributed by atoms with van der Waals surface area (Å²) in [5.41, 5.74) is 4.18. The number of carbonyl (C=O) groups is 2. The number of amides is 2. The van der Waals surface area contributed by atoms with Crippen LogP contribution in [0.25, 0.3) is 0 Å². The predicted molar refractivity (Wildman–Crippen MR) is 137 cm³/mol. The van der Waals surface area contributed by atoms with Gasteiger partial charge in [0.1, 0.15) is 0 Å². The van der Waals surface area contributed by atoms with Crippen LogP contribution in [0.5, 0.6) is 0 Å². The minimum absolute atomic E-state index is 0.0361. The van der Waals surface area contributed by atoms with Crippen LogP contribution < -0.4 is 10.2 Å². The lowest BCUT2D eigenvalue weighted by atomic mass is 9.96. The third-order valence-corrected chi connectivity index (χ3v) is 7.18. The van der Waals surface area contributed by atoms with Crippen LogP contribution in [0.3, 0.4) is 0 Å². The molecule has 0 saturated carbocycles. The summed E-state index contributed by atoms with van der Waals surface area (Å²) < 4.78 is 0. The van der Waals surface area contributed by atoms with Gasteiger partial charge in [0.25, 0.3) is 5.91 Å². The largest absolute Gasteiger partial charge is 0.369 e. The number of likely N-dealkylation sites (tertiary alicyclic amines) is 1. The summed E-state index contributed by atoms with van der Waals surface area (Å²) in [5.74, 6) is -0.0209. The van der Waals surface area contributed by atoms with Gasteiger partial charge >= 0.3 is 0 Å². The maximum atomic E-state index is 13.1. The summed E-state index contributed by atoms with van der Waals surface area (Å²) in [6.07, 6.45) is 1.71. The Morgan fingerprint density at radius 2 is 1.65 bits per heavy atom. The molecule has 1 N–H and O–H groups in total. The van der Waals surface area contributed by atoms with E-state index < -0.39 is 0 Å². The summed E-state index contributed by atoms with van der Waals surface area (Å²) in [5, 5.41) is 3.18. The second-order valence-electron chi connectivity index (χ2n) is 9.92. The highest BCUT2D eigenvalue weighted by Gasteiger charge is 2.30. The molecule has 0 aliphatic carbocycles. The van der Waals surface area contributed by atoms with Crippen molar-refractivity contribution in [3.63, 3.8) is 0 Å². The van der Waals surface area contributed by atoms with E-state index in [1.54, 1.807) is 0 Å². The number of nitrogens with one attached hydrogen (secondary N) is 1. The molecule has 2 fully saturated rings. The molecule has 2 aliphatic heterocycles. The Hall–Kier alpha value is -2.86. The lowest BCUT2D eigenvalue weighted by Crippen LogP contribution is -2.53. The molecule has 0 aromatic heterocycles. The van der Waals surface area contributed by atoms with E-state index in [1.807, 2.05) is 30.9 Å². The van der Waals surface area contributed by atoms with Crippen LogP contribution in [0.15, 0.2) is 48.5 Å². The number of anilines is 1. The molecule has 34 heavy (non-hydrogen) atoms. The van der Waals surface area contributed by atoms with E-state index in [4.69, 9.17) is 0 Å². The van der Waals surface area contributed by atoms with Gasteiger partial charge in [-0.1, -0.05) is 35.4 Å². The first kappa shape index (κ1) is 24.3. The summed E-state index contributed by atoms with van der Waals surface area (Å²) in [6, 6.07) is 16.8. The van der Waals surface area contributed by atoms with Gasteiger partial charge in [-0.2, -0.15) is 0 Å². The minimum Gasteiger partial charge on any atom is -0.369 e. The molecule has 2 aromatic rings. The molecule has 2 heterocycles. The maximum Gasteiger partial charge on any atom is 0.253 e. The van der Waals surface area contributed by atoms with Crippen LogP contribution in [0.4, 0.5) is 5.69 Å². The summed E-state index contributed by atoms with van der Waals surface area (Å²) in [4.78, 5) is 32.7. The molecule has 2 unspecified atom stereocenters. The number of rotatable bonds is 6. The van der Waals surface area contributed by atoms with E-state index in [9.17, 15) is 9.59 Å². The van der Waals surface area contributed by atoms with Crippen LogP contribution in [-0.2, 0) is 4.79 Å². The molecule has 2 amide bonds. The lowest BCUT2D eigenvalue weighted by Gasteiger charge is -2.39. The summed E-state index contributed by atoms with van der Waals surface area (Å²) in [6.45, 7) is 12.1. The quantitative estimate of drug-likeness (QED) is 0.714. The third-order valence-electron chi connectivity index (χ3n) is 7.18. The first-order valence-electron chi connectivity index (χ1n) is 12.6. The van der Waals surface area contributed by atoms with Crippen molar-refractivity contribution in [2.24, 2.45) is 5.92 Å². The average Bonchev–Trinajstić information content (AvgIpc) is 2.86. The van der Waals surface area contributed by atoms with Gasteiger partial charge in [-0.25, -0.2) is 0 Å². The zero-order valence-electron chi connectivity index (χ0n) is 20.8. The first-order valence-corrected chi connectivity index (χ1v) is 12.6. The Morgan fingerprint density at radius 3 is 2.32 bits per heavy atom. The van der Waals surface area contributed by atoms with Crippen molar-refractivity contribution in [1.29, 1.82) is 0 Å². The van der Waals surface area contributed by atoms with Crippen molar-refractivity contribution in [2.45, 2.75) is 39.7 Å². The second-order valence-corrected chi connectivity index (χ2v) is 9.92. The van der Waals surface area contributed by atoms with Gasteiger partial charge in [-0.15, -0.1) is 0 Å². The standard InChI is InChI=1S/C28H38N4O2/c1-21-16-22(2)18-25(17-21)28(34)32-11-7-8-24(20-32)27(33)29-19-23(3)30-12-14-31(15-13-30)26-9-5-4-6-10-26/h4-6,9-10,16-18,23-24H,7-8,11-15,19-20H2,1-3H3,(H,29,33). The molecular weight excluding hydrogens is 424 g/mol. The molecule has 0 bridgehead atoms. The number of nitrogens with zero attached hydrogens (tertiary/aromatic N) is 3. The van der Waals surface area contributed by atoms with Gasteiger partial charge in [0.05, 0.1) is 5.92 Å². The molecule has 182 valence electrons. The van der Waals surface area contributed by atoms with Crippen molar-refractivity contribution < 1.29 is 9.59 Å². The fourth-order valence-corrected chi connectivity index (χ4v) is 5.24. The van der Waals surface area contributed by atoms with Crippen LogP contribution in [-0.4, -0.2) is 73.5 Å². The Bertz CT molecular complexity index is 965. The smallest absolute Gasteiger partial charge is 0.253 e.